The predicted octanol–water partition coefficient (Wildman–Crippen LogP) is -7.44. The zero-order valence-corrected chi connectivity index (χ0v) is 82.4. The molecule has 0 fully saturated rings. The summed E-state index contributed by atoms with van der Waals surface area (Å²) in [6.45, 7) is 21.2. The lowest BCUT2D eigenvalue weighted by atomic mass is 10.1. The van der Waals surface area contributed by atoms with Crippen LogP contribution in [0.5, 0.6) is 0 Å². The van der Waals surface area contributed by atoms with Gasteiger partial charge in [-0.25, -0.2) is 8.42 Å². The van der Waals surface area contributed by atoms with E-state index < -0.39 is 177 Å². The van der Waals surface area contributed by atoms with E-state index in [1.54, 1.807) is 62.7 Å². The number of ketones is 8. The fourth-order valence-corrected chi connectivity index (χ4v) is 9.69. The van der Waals surface area contributed by atoms with Crippen molar-refractivity contribution in [3.05, 3.63) is 0 Å². The third-order valence-corrected chi connectivity index (χ3v) is 19.4. The highest BCUT2D eigenvalue weighted by Crippen LogP contribution is 2.05. The van der Waals surface area contributed by atoms with Crippen molar-refractivity contribution in [3.63, 3.8) is 0 Å². The van der Waals surface area contributed by atoms with Gasteiger partial charge in [0.05, 0.1) is 117 Å². The van der Waals surface area contributed by atoms with Crippen LogP contribution in [-0.4, -0.2) is 372 Å². The summed E-state index contributed by atoms with van der Waals surface area (Å²) >= 11 is 0. The number of aliphatic carboxylic acids is 6. The maximum absolute atomic E-state index is 11.9. The smallest absolute Gasteiger partial charge is 0.303 e. The maximum Gasteiger partial charge on any atom is 0.303 e. The standard InChI is InChI=1S/C13H23N3O5.4C12H21N3O5.C9H16N2O4.C7H15NO3S.C5H11NO/c1-7(9(3)17)15-12(20)8(2)16-13(21)10(14-4)5-6-11(18)19;4*1-7(8(2)16)15-10(17)6-14-12(20)9(13-3)4-5-11(18)19;1-6(12)5-11-9(15)7(10-2)3-4-8(13)14;1-6(9)7(8-2)4-5-12(3,10)11;1-4(6-3)5(2)7/h7-8,10,14H,5-6H2,1-4H3,(H,15,20)(H,16,21)(H,18,19);4*7,9,13H,4-6H2,1-3H3,(H,14,20)(H,15,17)(H,18,19);7,10H,3-5H2,1-2H3,(H,11,15)(H,13,14);7-8H,4-5H2,1-3H3;4,6H,1-3H3/t7-,8-,10-;2*7-,9+;2*7-,9-;2*7-;4-/m01010100/s1. The number of likely N-dealkylation sites (N-methyl/N-ethyl adjacent to an activating group) is 8. The number of Topliss-reactive ketones (excluding diaryl/α,β-unsaturated/α-hetero) is 8. The number of carboxylic acids is 6. The molecule has 0 aliphatic heterocycles. The second kappa shape index (κ2) is 80.4. The molecule has 0 aromatic heterocycles. The average molecular weight is 1960 g/mol. The molecule has 0 heterocycles. The third-order valence-electron chi connectivity index (χ3n) is 18.4. The highest BCUT2D eigenvalue weighted by molar-refractivity contribution is 7.90. The first-order valence-electron chi connectivity index (χ1n) is 42.4. The van der Waals surface area contributed by atoms with Crippen molar-refractivity contribution < 1.29 is 159 Å². The lowest BCUT2D eigenvalue weighted by Crippen LogP contribution is -2.53. The molecule has 0 spiro atoms. The topological polar surface area (TPSA) is 811 Å². The Balaban J connectivity index is -0.000000231. The molecular weight excluding hydrogens is 1810 g/mol. The molecule has 11 amide bonds. The molecule has 0 aromatic rings. The number of hydrogen-bond acceptors (Lipinski definition) is 35. The Labute approximate surface area is 786 Å². The Bertz CT molecular complexity index is 3660. The van der Waals surface area contributed by atoms with Crippen LogP contribution in [0, 0.1) is 0 Å². The summed E-state index contributed by atoms with van der Waals surface area (Å²) in [5, 5.41) is 99.5. The van der Waals surface area contributed by atoms with E-state index in [1.165, 1.54) is 96.9 Å². The van der Waals surface area contributed by atoms with Crippen LogP contribution in [0.1, 0.15) is 187 Å². The van der Waals surface area contributed by atoms with E-state index in [0.29, 0.717) is 6.42 Å². The van der Waals surface area contributed by atoms with Gasteiger partial charge in [-0.3, -0.25) is 120 Å². The summed E-state index contributed by atoms with van der Waals surface area (Å²) in [6, 6.07) is -8.15. The number of amides is 11. The molecule has 0 unspecified atom stereocenters. The molecule has 0 saturated heterocycles. The summed E-state index contributed by atoms with van der Waals surface area (Å²) in [5.74, 6) is -11.8. The van der Waals surface area contributed by atoms with Gasteiger partial charge in [-0.05, 0) is 205 Å². The zero-order valence-electron chi connectivity index (χ0n) is 81.6. The molecular formula is C82H149N19O33S. The van der Waals surface area contributed by atoms with Gasteiger partial charge >= 0.3 is 35.8 Å². The Kier molecular flexibility index (Phi) is 82.5. The fraction of sp³-hybridized carbons (Fsp3) is 0.695. The van der Waals surface area contributed by atoms with Crippen molar-refractivity contribution in [1.82, 2.24) is 101 Å². The number of rotatable bonds is 59. The van der Waals surface area contributed by atoms with Crippen LogP contribution >= 0.6 is 0 Å². The van der Waals surface area contributed by atoms with Crippen molar-refractivity contribution in [2.75, 3.05) is 101 Å². The second-order valence-corrected chi connectivity index (χ2v) is 32.4. The molecule has 52 nitrogen and oxygen atoms in total. The van der Waals surface area contributed by atoms with E-state index in [-0.39, 0.29) is 180 Å². The Hall–Kier alpha value is -12.0. The van der Waals surface area contributed by atoms with Crippen LogP contribution in [0.4, 0.5) is 0 Å². The predicted molar refractivity (Wildman–Crippen MR) is 490 cm³/mol. The Morgan fingerprint density at radius 2 is 0.407 bits per heavy atom. The normalized spacial score (nSPS) is 13.4. The molecule has 53 heteroatoms. The Morgan fingerprint density at radius 3 is 0.563 bits per heavy atom. The van der Waals surface area contributed by atoms with E-state index >= 15 is 0 Å². The monoisotopic (exact) mass is 1960 g/mol. The van der Waals surface area contributed by atoms with Crippen LogP contribution in [-0.2, 0) is 130 Å². The van der Waals surface area contributed by atoms with Gasteiger partial charge in [0.2, 0.25) is 65.0 Å². The largest absolute Gasteiger partial charge is 0.481 e. The molecule has 0 aromatic carbocycles. The van der Waals surface area contributed by atoms with Gasteiger partial charge in [0.25, 0.3) is 0 Å². The molecule has 0 radical (unpaired) electrons. The minimum absolute atomic E-state index is 0.0139. The molecule has 776 valence electrons. The number of carbonyl (C=O) groups excluding carboxylic acids is 19. The Morgan fingerprint density at radius 1 is 0.222 bits per heavy atom. The van der Waals surface area contributed by atoms with Crippen LogP contribution in [0.15, 0.2) is 0 Å². The van der Waals surface area contributed by atoms with Crippen molar-refractivity contribution in [3.8, 4) is 0 Å². The van der Waals surface area contributed by atoms with Crippen LogP contribution in [0.25, 0.3) is 0 Å². The number of nitrogens with one attached hydrogen (secondary N) is 19. The minimum Gasteiger partial charge on any atom is -0.481 e. The molecule has 14 atom stereocenters. The van der Waals surface area contributed by atoms with Gasteiger partial charge in [-0.1, -0.05) is 0 Å². The number of sulfone groups is 1. The number of hydrogen-bond donors (Lipinski definition) is 25. The summed E-state index contributed by atoms with van der Waals surface area (Å²) in [5.41, 5.74) is 0. The lowest BCUT2D eigenvalue weighted by molar-refractivity contribution is -0.138. The molecule has 0 rings (SSSR count). The van der Waals surface area contributed by atoms with Gasteiger partial charge in [-0.15, -0.1) is 0 Å². The molecule has 0 bridgehead atoms. The molecule has 135 heavy (non-hydrogen) atoms. The minimum atomic E-state index is -2.96. The number of carboxylic acid groups (broad SMARTS) is 6. The van der Waals surface area contributed by atoms with Gasteiger partial charge in [0, 0.05) is 44.8 Å². The van der Waals surface area contributed by atoms with E-state index in [4.69, 9.17) is 30.6 Å². The van der Waals surface area contributed by atoms with E-state index in [2.05, 4.69) is 101 Å². The molecule has 0 aliphatic carbocycles. The van der Waals surface area contributed by atoms with Crippen molar-refractivity contribution >= 4 is 157 Å². The summed E-state index contributed by atoms with van der Waals surface area (Å²) in [6.07, 6.45) is 1.53. The van der Waals surface area contributed by atoms with Gasteiger partial charge in [0.1, 0.15) is 33.2 Å². The summed E-state index contributed by atoms with van der Waals surface area (Å²) < 4.78 is 21.5. The van der Waals surface area contributed by atoms with Gasteiger partial charge in [0.15, 0.2) is 28.9 Å². The van der Waals surface area contributed by atoms with Crippen molar-refractivity contribution in [2.45, 2.75) is 272 Å². The highest BCUT2D eigenvalue weighted by atomic mass is 32.2. The fourth-order valence-electron chi connectivity index (χ4n) is 9.03. The van der Waals surface area contributed by atoms with Crippen molar-refractivity contribution in [2.24, 2.45) is 0 Å². The molecule has 25 N–H and O–H groups in total. The van der Waals surface area contributed by atoms with Crippen LogP contribution in [0.3, 0.4) is 0 Å². The van der Waals surface area contributed by atoms with Gasteiger partial charge < -0.3 is 132 Å². The van der Waals surface area contributed by atoms with E-state index in [9.17, 15) is 128 Å². The van der Waals surface area contributed by atoms with E-state index in [0.717, 1.165) is 0 Å². The molecule has 0 saturated carbocycles. The SMILES string of the molecule is CN[C@@H](C)C(C)=O.CN[C@@H](CCC(=O)O)C(=O)NCC(=O)N[C@@H](C)C(C)=O.CN[C@@H](CCC(=O)O)C(=O)NCC(=O)N[C@H](C)C(C)=O.CN[C@@H](CCC(=O)O)C(=O)N[C@@H](C)C(=O)N[C@@H](C)C(C)=O.CN[C@@H](CCS(C)(=O)=O)C(C)=O.CN[C@H](CCC(=O)O)C(=O)NCC(=O)N[C@@H](C)C(C)=O.CN[C@H](CCC(=O)O)C(=O)NCC(=O)N[C@H](C)C(C)=O.CN[C@H](CCC(=O)O)C(=O)NCC(C)=O. The summed E-state index contributed by atoms with van der Waals surface area (Å²) in [7, 11) is 9.69. The lowest BCUT2D eigenvalue weighted by Gasteiger charge is -2.20. The maximum atomic E-state index is 11.9. The second-order valence-electron chi connectivity index (χ2n) is 30.1. The van der Waals surface area contributed by atoms with Crippen LogP contribution < -0.4 is 101 Å². The average Bonchev–Trinajstić information content (AvgIpc) is 0.887. The molecule has 0 aliphatic rings. The first-order chi connectivity index (χ1) is 62.3. The summed E-state index contributed by atoms with van der Waals surface area (Å²) in [4.78, 5) is 277. The highest BCUT2D eigenvalue weighted by Gasteiger charge is 2.28. The van der Waals surface area contributed by atoms with Crippen LogP contribution in [0.2, 0.25) is 0 Å². The quantitative estimate of drug-likeness (QED) is 0.0269. The van der Waals surface area contributed by atoms with Gasteiger partial charge in [-0.2, -0.15) is 0 Å². The number of carbonyl (C=O) groups is 25. The first-order valence-corrected chi connectivity index (χ1v) is 44.4. The third kappa shape index (κ3) is 83.5. The zero-order chi connectivity index (χ0) is 107. The first kappa shape index (κ1) is 138. The van der Waals surface area contributed by atoms with E-state index in [1.807, 2.05) is 6.92 Å². The van der Waals surface area contributed by atoms with Crippen molar-refractivity contribution in [1.29, 1.82) is 0 Å².